The molecule has 0 bridgehead atoms. The molecule has 1 amide bonds. The minimum atomic E-state index is -1.04. The van der Waals surface area contributed by atoms with E-state index in [0.717, 1.165) is 32.0 Å². The molecule has 0 spiro atoms. The lowest BCUT2D eigenvalue weighted by Gasteiger charge is -2.37. The second kappa shape index (κ2) is 4.89. The number of fused-ring (bicyclic) bond motifs is 1. The average Bonchev–Trinajstić information content (AvgIpc) is 2.88. The molecule has 3 nitrogen and oxygen atoms in total. The van der Waals surface area contributed by atoms with Gasteiger partial charge in [-0.05, 0) is 31.5 Å². The summed E-state index contributed by atoms with van der Waals surface area (Å²) in [6.45, 7) is 3.12. The SMILES string of the molecule is O=C(c1cccc(F)c1F)N1CCN2CCCC2C1. The van der Waals surface area contributed by atoms with Crippen LogP contribution in [0.4, 0.5) is 8.78 Å². The van der Waals surface area contributed by atoms with Gasteiger partial charge in [-0.2, -0.15) is 0 Å². The lowest BCUT2D eigenvalue weighted by atomic mass is 10.1. The van der Waals surface area contributed by atoms with Crippen molar-refractivity contribution in [3.05, 3.63) is 35.4 Å². The van der Waals surface area contributed by atoms with Gasteiger partial charge >= 0.3 is 0 Å². The maximum Gasteiger partial charge on any atom is 0.257 e. The second-order valence-corrected chi connectivity index (χ2v) is 5.18. The standard InChI is InChI=1S/C14H16F2N2O/c15-12-5-1-4-11(13(12)16)14(19)18-8-7-17-6-2-3-10(17)9-18/h1,4-5,10H,2-3,6-9H2. The molecule has 0 N–H and O–H groups in total. The van der Waals surface area contributed by atoms with Crippen LogP contribution < -0.4 is 0 Å². The van der Waals surface area contributed by atoms with Gasteiger partial charge < -0.3 is 4.90 Å². The Labute approximate surface area is 110 Å². The molecule has 2 aliphatic heterocycles. The molecule has 2 fully saturated rings. The van der Waals surface area contributed by atoms with Crippen molar-refractivity contribution in [1.29, 1.82) is 0 Å². The van der Waals surface area contributed by atoms with E-state index in [-0.39, 0.29) is 5.56 Å². The molecule has 0 saturated carbocycles. The highest BCUT2D eigenvalue weighted by Crippen LogP contribution is 2.23. The van der Waals surface area contributed by atoms with E-state index >= 15 is 0 Å². The number of carbonyl (C=O) groups excluding carboxylic acids is 1. The monoisotopic (exact) mass is 266 g/mol. The van der Waals surface area contributed by atoms with E-state index < -0.39 is 17.5 Å². The van der Waals surface area contributed by atoms with Gasteiger partial charge in [0.15, 0.2) is 11.6 Å². The van der Waals surface area contributed by atoms with Gasteiger partial charge in [0.05, 0.1) is 5.56 Å². The maximum atomic E-state index is 13.6. The lowest BCUT2D eigenvalue weighted by molar-refractivity contribution is 0.0566. The summed E-state index contributed by atoms with van der Waals surface area (Å²) in [6.07, 6.45) is 2.23. The first-order valence-corrected chi connectivity index (χ1v) is 6.64. The van der Waals surface area contributed by atoms with Crippen LogP contribution in [0.15, 0.2) is 18.2 Å². The van der Waals surface area contributed by atoms with Crippen molar-refractivity contribution >= 4 is 5.91 Å². The number of halogens is 2. The molecule has 102 valence electrons. The van der Waals surface area contributed by atoms with Crippen LogP contribution in [0.2, 0.25) is 0 Å². The summed E-state index contributed by atoms with van der Waals surface area (Å²) in [5.74, 6) is -2.41. The van der Waals surface area contributed by atoms with E-state index in [1.54, 1.807) is 4.90 Å². The van der Waals surface area contributed by atoms with Gasteiger partial charge in [-0.1, -0.05) is 6.07 Å². The normalized spacial score (nSPS) is 23.5. The molecule has 2 aliphatic rings. The highest BCUT2D eigenvalue weighted by molar-refractivity contribution is 5.94. The van der Waals surface area contributed by atoms with Crippen molar-refractivity contribution < 1.29 is 13.6 Å². The van der Waals surface area contributed by atoms with Crippen molar-refractivity contribution in [1.82, 2.24) is 9.80 Å². The molecule has 1 aromatic carbocycles. The molecule has 5 heteroatoms. The zero-order valence-corrected chi connectivity index (χ0v) is 10.6. The number of piperazine rings is 1. The molecule has 0 aromatic heterocycles. The van der Waals surface area contributed by atoms with E-state index in [9.17, 15) is 13.6 Å². The van der Waals surface area contributed by atoms with E-state index in [0.29, 0.717) is 19.1 Å². The van der Waals surface area contributed by atoms with Crippen molar-refractivity contribution in [3.8, 4) is 0 Å². The van der Waals surface area contributed by atoms with Gasteiger partial charge in [0, 0.05) is 25.7 Å². The van der Waals surface area contributed by atoms with Gasteiger partial charge in [0.2, 0.25) is 0 Å². The summed E-state index contributed by atoms with van der Waals surface area (Å²) in [7, 11) is 0. The van der Waals surface area contributed by atoms with Gasteiger partial charge in [0.25, 0.3) is 5.91 Å². The molecule has 2 saturated heterocycles. The fraction of sp³-hybridized carbons (Fsp3) is 0.500. The van der Waals surface area contributed by atoms with E-state index in [1.165, 1.54) is 12.1 Å². The first kappa shape index (κ1) is 12.5. The van der Waals surface area contributed by atoms with E-state index in [2.05, 4.69) is 4.90 Å². The van der Waals surface area contributed by atoms with Gasteiger partial charge in [-0.3, -0.25) is 9.69 Å². The zero-order valence-electron chi connectivity index (χ0n) is 10.6. The molecule has 19 heavy (non-hydrogen) atoms. The minimum absolute atomic E-state index is 0.161. The predicted octanol–water partition coefficient (Wildman–Crippen LogP) is 1.89. The van der Waals surface area contributed by atoms with Crippen molar-refractivity contribution in [2.24, 2.45) is 0 Å². The Hall–Kier alpha value is -1.49. The smallest absolute Gasteiger partial charge is 0.257 e. The molecule has 0 aliphatic carbocycles. The van der Waals surface area contributed by atoms with Crippen molar-refractivity contribution in [2.45, 2.75) is 18.9 Å². The van der Waals surface area contributed by atoms with Crippen LogP contribution in [-0.4, -0.2) is 47.9 Å². The van der Waals surface area contributed by atoms with Crippen LogP contribution in [0.5, 0.6) is 0 Å². The number of rotatable bonds is 1. The van der Waals surface area contributed by atoms with Gasteiger partial charge in [-0.25, -0.2) is 8.78 Å². The predicted molar refractivity (Wildman–Crippen MR) is 66.9 cm³/mol. The quantitative estimate of drug-likeness (QED) is 0.775. The van der Waals surface area contributed by atoms with Crippen LogP contribution in [0, 0.1) is 11.6 Å². The molecule has 1 aromatic rings. The number of benzene rings is 1. The molecule has 1 atom stereocenters. The fourth-order valence-electron chi connectivity index (χ4n) is 3.01. The molecule has 3 rings (SSSR count). The largest absolute Gasteiger partial charge is 0.336 e. The van der Waals surface area contributed by atoms with Crippen LogP contribution in [-0.2, 0) is 0 Å². The molecular weight excluding hydrogens is 250 g/mol. The fourth-order valence-corrected chi connectivity index (χ4v) is 3.01. The first-order valence-electron chi connectivity index (χ1n) is 6.64. The van der Waals surface area contributed by atoms with E-state index in [4.69, 9.17) is 0 Å². The summed E-state index contributed by atoms with van der Waals surface area (Å²) >= 11 is 0. The third kappa shape index (κ3) is 2.23. The minimum Gasteiger partial charge on any atom is -0.336 e. The Balaban J connectivity index is 1.79. The topological polar surface area (TPSA) is 23.6 Å². The van der Waals surface area contributed by atoms with E-state index in [1.807, 2.05) is 0 Å². The maximum absolute atomic E-state index is 13.6. The average molecular weight is 266 g/mol. The molecular formula is C14H16F2N2O. The second-order valence-electron chi connectivity index (χ2n) is 5.18. The number of amides is 1. The molecule has 1 unspecified atom stereocenters. The summed E-state index contributed by atoms with van der Waals surface area (Å²) in [4.78, 5) is 16.3. The highest BCUT2D eigenvalue weighted by atomic mass is 19.2. The van der Waals surface area contributed by atoms with Gasteiger partial charge in [-0.15, -0.1) is 0 Å². The first-order chi connectivity index (χ1) is 9.16. The summed E-state index contributed by atoms with van der Waals surface area (Å²) in [5.41, 5.74) is -0.161. The van der Waals surface area contributed by atoms with Crippen LogP contribution in [0.25, 0.3) is 0 Å². The van der Waals surface area contributed by atoms with Crippen LogP contribution in [0.3, 0.4) is 0 Å². The third-order valence-electron chi connectivity index (χ3n) is 4.06. The Morgan fingerprint density at radius 3 is 2.89 bits per heavy atom. The van der Waals surface area contributed by atoms with Crippen LogP contribution >= 0.6 is 0 Å². The lowest BCUT2D eigenvalue weighted by Crippen LogP contribution is -2.52. The Morgan fingerprint density at radius 2 is 2.05 bits per heavy atom. The number of hydrogen-bond acceptors (Lipinski definition) is 2. The Bertz CT molecular complexity index is 506. The van der Waals surface area contributed by atoms with Crippen molar-refractivity contribution in [2.75, 3.05) is 26.2 Å². The molecule has 2 heterocycles. The number of nitrogens with zero attached hydrogens (tertiary/aromatic N) is 2. The zero-order chi connectivity index (χ0) is 13.4. The summed E-state index contributed by atoms with van der Waals surface area (Å²) in [5, 5.41) is 0. The number of carbonyl (C=O) groups is 1. The van der Waals surface area contributed by atoms with Crippen LogP contribution in [0.1, 0.15) is 23.2 Å². The molecule has 0 radical (unpaired) electrons. The Morgan fingerprint density at radius 1 is 1.21 bits per heavy atom. The highest BCUT2D eigenvalue weighted by Gasteiger charge is 2.33. The van der Waals surface area contributed by atoms with Gasteiger partial charge in [0.1, 0.15) is 0 Å². The summed E-state index contributed by atoms with van der Waals surface area (Å²) < 4.78 is 26.8. The third-order valence-corrected chi connectivity index (χ3v) is 4.06. The summed E-state index contributed by atoms with van der Waals surface area (Å²) in [6, 6.07) is 4.13. The van der Waals surface area contributed by atoms with Crippen molar-refractivity contribution in [3.63, 3.8) is 0 Å². The Kier molecular flexibility index (Phi) is 3.22. The number of hydrogen-bond donors (Lipinski definition) is 0.